The summed E-state index contributed by atoms with van der Waals surface area (Å²) in [6.45, 7) is 2.15. The molecular formula is C12H17NO. The summed E-state index contributed by atoms with van der Waals surface area (Å²) in [5.74, 6) is 0.315. The zero-order chi connectivity index (χ0) is 10.4. The monoisotopic (exact) mass is 191 g/mol. The topological polar surface area (TPSA) is 43.1 Å². The molecule has 0 saturated heterocycles. The average molecular weight is 191 g/mol. The Labute approximate surface area is 85.1 Å². The summed E-state index contributed by atoms with van der Waals surface area (Å²) < 4.78 is 0. The van der Waals surface area contributed by atoms with Crippen molar-refractivity contribution in [1.29, 1.82) is 0 Å². The van der Waals surface area contributed by atoms with Crippen molar-refractivity contribution in [1.82, 2.24) is 0 Å². The predicted octanol–water partition coefficient (Wildman–Crippen LogP) is 2.13. The van der Waals surface area contributed by atoms with Gasteiger partial charge in [-0.3, -0.25) is 4.79 Å². The van der Waals surface area contributed by atoms with Gasteiger partial charge in [0, 0.05) is 6.42 Å². The summed E-state index contributed by atoms with van der Waals surface area (Å²) in [5, 5.41) is 0. The highest BCUT2D eigenvalue weighted by Gasteiger charge is 2.04. The number of nitrogens with two attached hydrogens (primary N) is 1. The second kappa shape index (κ2) is 5.43. The molecular weight excluding hydrogens is 174 g/mol. The van der Waals surface area contributed by atoms with Crippen LogP contribution >= 0.6 is 0 Å². The van der Waals surface area contributed by atoms with Gasteiger partial charge in [0.25, 0.3) is 0 Å². The number of primary amides is 1. The van der Waals surface area contributed by atoms with Crippen LogP contribution in [0.2, 0.25) is 0 Å². The highest BCUT2D eigenvalue weighted by molar-refractivity contribution is 5.73. The van der Waals surface area contributed by atoms with E-state index in [1.165, 1.54) is 5.56 Å². The van der Waals surface area contributed by atoms with Crippen molar-refractivity contribution in [2.45, 2.75) is 26.2 Å². The second-order valence-electron chi connectivity index (χ2n) is 3.80. The van der Waals surface area contributed by atoms with E-state index in [9.17, 15) is 4.79 Å². The van der Waals surface area contributed by atoms with Crippen LogP contribution in [0.4, 0.5) is 0 Å². The van der Waals surface area contributed by atoms with Crippen LogP contribution in [-0.4, -0.2) is 5.91 Å². The maximum Gasteiger partial charge on any atom is 0.217 e. The SMILES string of the molecule is CC(CCC(N)=O)Cc1ccccc1. The molecule has 1 unspecified atom stereocenters. The lowest BCUT2D eigenvalue weighted by molar-refractivity contribution is -0.118. The van der Waals surface area contributed by atoms with Gasteiger partial charge in [0.05, 0.1) is 0 Å². The molecule has 1 aromatic rings. The molecule has 2 nitrogen and oxygen atoms in total. The van der Waals surface area contributed by atoms with Crippen molar-refractivity contribution in [2.75, 3.05) is 0 Å². The second-order valence-corrected chi connectivity index (χ2v) is 3.80. The maximum atomic E-state index is 10.6. The molecule has 0 aliphatic heterocycles. The molecule has 0 aliphatic rings. The first kappa shape index (κ1) is 10.8. The Hall–Kier alpha value is -1.31. The van der Waals surface area contributed by atoms with Gasteiger partial charge < -0.3 is 5.73 Å². The summed E-state index contributed by atoms with van der Waals surface area (Å²) in [7, 11) is 0. The number of hydrogen-bond acceptors (Lipinski definition) is 1. The molecule has 0 radical (unpaired) electrons. The largest absolute Gasteiger partial charge is 0.370 e. The minimum absolute atomic E-state index is 0.204. The first-order valence-corrected chi connectivity index (χ1v) is 5.00. The molecule has 1 rings (SSSR count). The first-order chi connectivity index (χ1) is 6.68. The van der Waals surface area contributed by atoms with Gasteiger partial charge in [-0.2, -0.15) is 0 Å². The molecule has 1 amide bonds. The average Bonchev–Trinajstić information content (AvgIpc) is 2.16. The Morgan fingerprint density at radius 1 is 1.36 bits per heavy atom. The third kappa shape index (κ3) is 4.08. The molecule has 1 aromatic carbocycles. The van der Waals surface area contributed by atoms with Gasteiger partial charge in [0.2, 0.25) is 5.91 Å². The van der Waals surface area contributed by atoms with Crippen molar-refractivity contribution in [3.8, 4) is 0 Å². The van der Waals surface area contributed by atoms with E-state index in [4.69, 9.17) is 5.73 Å². The fourth-order valence-electron chi connectivity index (χ4n) is 1.51. The zero-order valence-corrected chi connectivity index (χ0v) is 8.57. The van der Waals surface area contributed by atoms with E-state index in [1.54, 1.807) is 0 Å². The number of hydrogen-bond donors (Lipinski definition) is 1. The smallest absolute Gasteiger partial charge is 0.217 e. The van der Waals surface area contributed by atoms with Crippen molar-refractivity contribution in [3.63, 3.8) is 0 Å². The van der Waals surface area contributed by atoms with Crippen molar-refractivity contribution in [2.24, 2.45) is 11.7 Å². The fourth-order valence-corrected chi connectivity index (χ4v) is 1.51. The molecule has 0 bridgehead atoms. The van der Waals surface area contributed by atoms with Crippen LogP contribution in [0.1, 0.15) is 25.3 Å². The van der Waals surface area contributed by atoms with Gasteiger partial charge in [-0.1, -0.05) is 37.3 Å². The third-order valence-electron chi connectivity index (χ3n) is 2.31. The molecule has 1 atom stereocenters. The van der Waals surface area contributed by atoms with Crippen LogP contribution in [0.25, 0.3) is 0 Å². The number of carbonyl (C=O) groups excluding carboxylic acids is 1. The Kier molecular flexibility index (Phi) is 4.17. The molecule has 0 spiro atoms. The number of amides is 1. The number of benzene rings is 1. The zero-order valence-electron chi connectivity index (χ0n) is 8.57. The fraction of sp³-hybridized carbons (Fsp3) is 0.417. The van der Waals surface area contributed by atoms with E-state index in [2.05, 4.69) is 19.1 Å². The third-order valence-corrected chi connectivity index (χ3v) is 2.31. The van der Waals surface area contributed by atoms with Crippen LogP contribution in [0.15, 0.2) is 30.3 Å². The molecule has 0 aliphatic carbocycles. The molecule has 2 heteroatoms. The normalized spacial score (nSPS) is 12.4. The highest BCUT2D eigenvalue weighted by atomic mass is 16.1. The lowest BCUT2D eigenvalue weighted by Gasteiger charge is -2.09. The van der Waals surface area contributed by atoms with Gasteiger partial charge in [-0.25, -0.2) is 0 Å². The van der Waals surface area contributed by atoms with E-state index in [-0.39, 0.29) is 5.91 Å². The van der Waals surface area contributed by atoms with Gasteiger partial charge in [-0.15, -0.1) is 0 Å². The Morgan fingerprint density at radius 3 is 2.57 bits per heavy atom. The highest BCUT2D eigenvalue weighted by Crippen LogP contribution is 2.12. The molecule has 0 heterocycles. The van der Waals surface area contributed by atoms with E-state index in [0.717, 1.165) is 12.8 Å². The van der Waals surface area contributed by atoms with E-state index in [1.807, 2.05) is 18.2 Å². The van der Waals surface area contributed by atoms with Crippen LogP contribution < -0.4 is 5.73 Å². The van der Waals surface area contributed by atoms with Gasteiger partial charge >= 0.3 is 0 Å². The lowest BCUT2D eigenvalue weighted by Crippen LogP contribution is -2.12. The summed E-state index contributed by atoms with van der Waals surface area (Å²) in [6, 6.07) is 10.3. The van der Waals surface area contributed by atoms with Gasteiger partial charge in [0.1, 0.15) is 0 Å². The molecule has 76 valence electrons. The lowest BCUT2D eigenvalue weighted by atomic mass is 9.97. The Morgan fingerprint density at radius 2 is 2.00 bits per heavy atom. The van der Waals surface area contributed by atoms with E-state index in [0.29, 0.717) is 12.3 Å². The van der Waals surface area contributed by atoms with E-state index >= 15 is 0 Å². The Balaban J connectivity index is 2.34. The Bertz CT molecular complexity index is 282. The summed E-state index contributed by atoms with van der Waals surface area (Å²) in [6.07, 6.45) is 2.40. The van der Waals surface area contributed by atoms with Crippen LogP contribution in [0.3, 0.4) is 0 Å². The minimum Gasteiger partial charge on any atom is -0.370 e. The molecule has 0 saturated carbocycles. The van der Waals surface area contributed by atoms with Gasteiger partial charge in [-0.05, 0) is 24.3 Å². The van der Waals surface area contributed by atoms with Crippen LogP contribution in [0, 0.1) is 5.92 Å². The van der Waals surface area contributed by atoms with Crippen molar-refractivity contribution in [3.05, 3.63) is 35.9 Å². The minimum atomic E-state index is -0.204. The number of rotatable bonds is 5. The standard InChI is InChI=1S/C12H17NO/c1-10(7-8-12(13)14)9-11-5-3-2-4-6-11/h2-6,10H,7-9H2,1H3,(H2,13,14). The molecule has 14 heavy (non-hydrogen) atoms. The van der Waals surface area contributed by atoms with Crippen LogP contribution in [-0.2, 0) is 11.2 Å². The number of carbonyl (C=O) groups is 1. The van der Waals surface area contributed by atoms with Crippen molar-refractivity contribution >= 4 is 5.91 Å². The van der Waals surface area contributed by atoms with Crippen LogP contribution in [0.5, 0.6) is 0 Å². The summed E-state index contributed by atoms with van der Waals surface area (Å²) >= 11 is 0. The molecule has 2 N–H and O–H groups in total. The van der Waals surface area contributed by atoms with Gasteiger partial charge in [0.15, 0.2) is 0 Å². The molecule has 0 fully saturated rings. The summed E-state index contributed by atoms with van der Waals surface area (Å²) in [4.78, 5) is 10.6. The van der Waals surface area contributed by atoms with E-state index < -0.39 is 0 Å². The summed E-state index contributed by atoms with van der Waals surface area (Å²) in [5.41, 5.74) is 6.42. The quantitative estimate of drug-likeness (QED) is 0.761. The predicted molar refractivity (Wildman–Crippen MR) is 57.7 cm³/mol. The molecule has 0 aromatic heterocycles. The van der Waals surface area contributed by atoms with Crippen molar-refractivity contribution < 1.29 is 4.79 Å². The maximum absolute atomic E-state index is 10.6. The first-order valence-electron chi connectivity index (χ1n) is 5.00.